The topological polar surface area (TPSA) is 27.6 Å². The molecule has 3 nitrogen and oxygen atoms in total. The van der Waals surface area contributed by atoms with Gasteiger partial charge in [0.1, 0.15) is 0 Å². The molecule has 2 heterocycles. The van der Waals surface area contributed by atoms with Crippen molar-refractivity contribution in [2.24, 2.45) is 5.10 Å². The van der Waals surface area contributed by atoms with Crippen molar-refractivity contribution in [1.29, 1.82) is 0 Å². The van der Waals surface area contributed by atoms with E-state index in [4.69, 9.17) is 17.3 Å². The smallest absolute Gasteiger partial charge is 0.194 e. The molecule has 1 aliphatic heterocycles. The SMILES string of the molecule is S=C(Nc1ccccc1)N1N=C(c2cccs2)CC1c1ccccc1. The van der Waals surface area contributed by atoms with E-state index in [2.05, 4.69) is 47.1 Å². The van der Waals surface area contributed by atoms with Gasteiger partial charge in [0.15, 0.2) is 5.11 Å². The van der Waals surface area contributed by atoms with Gasteiger partial charge >= 0.3 is 0 Å². The lowest BCUT2D eigenvalue weighted by Crippen LogP contribution is -2.31. The van der Waals surface area contributed by atoms with Crippen LogP contribution in [0.15, 0.2) is 83.3 Å². The maximum atomic E-state index is 5.67. The summed E-state index contributed by atoms with van der Waals surface area (Å²) in [6, 6.07) is 24.7. The number of nitrogens with zero attached hydrogens (tertiary/aromatic N) is 2. The Labute approximate surface area is 156 Å². The molecule has 4 rings (SSSR count). The standard InChI is InChI=1S/C20H17N3S2/c24-20(21-16-10-5-2-6-11-16)23-18(15-8-3-1-4-9-15)14-17(22-23)19-12-7-13-25-19/h1-13,18H,14H2,(H,21,24). The molecule has 1 unspecified atom stereocenters. The van der Waals surface area contributed by atoms with Gasteiger partial charge in [0.2, 0.25) is 0 Å². The lowest BCUT2D eigenvalue weighted by molar-refractivity contribution is 0.375. The molecule has 3 aromatic rings. The molecule has 0 spiro atoms. The van der Waals surface area contributed by atoms with Gasteiger partial charge in [-0.15, -0.1) is 11.3 Å². The van der Waals surface area contributed by atoms with E-state index in [1.165, 1.54) is 10.4 Å². The second kappa shape index (κ2) is 7.17. The van der Waals surface area contributed by atoms with Gasteiger partial charge in [0.05, 0.1) is 16.6 Å². The minimum absolute atomic E-state index is 0.113. The molecule has 0 fully saturated rings. The predicted molar refractivity (Wildman–Crippen MR) is 109 cm³/mol. The summed E-state index contributed by atoms with van der Waals surface area (Å²) in [6.07, 6.45) is 0.848. The zero-order valence-electron chi connectivity index (χ0n) is 13.5. The third-order valence-electron chi connectivity index (χ3n) is 4.13. The maximum absolute atomic E-state index is 5.67. The number of anilines is 1. The van der Waals surface area contributed by atoms with E-state index >= 15 is 0 Å². The van der Waals surface area contributed by atoms with Crippen LogP contribution in [-0.2, 0) is 0 Å². The summed E-state index contributed by atoms with van der Waals surface area (Å²) in [7, 11) is 0. The Morgan fingerprint density at radius 2 is 1.72 bits per heavy atom. The zero-order chi connectivity index (χ0) is 17.1. The summed E-state index contributed by atoms with van der Waals surface area (Å²) in [6.45, 7) is 0. The van der Waals surface area contributed by atoms with Gasteiger partial charge in [-0.3, -0.25) is 0 Å². The highest BCUT2D eigenvalue weighted by Crippen LogP contribution is 2.34. The molecule has 1 aliphatic rings. The summed E-state index contributed by atoms with van der Waals surface area (Å²) in [4.78, 5) is 1.20. The first-order valence-electron chi connectivity index (χ1n) is 8.13. The molecule has 1 atom stereocenters. The van der Waals surface area contributed by atoms with Crippen molar-refractivity contribution in [1.82, 2.24) is 5.01 Å². The highest BCUT2D eigenvalue weighted by molar-refractivity contribution is 7.80. The van der Waals surface area contributed by atoms with Crippen molar-refractivity contribution in [2.75, 3.05) is 5.32 Å². The molecule has 124 valence electrons. The van der Waals surface area contributed by atoms with Crippen LogP contribution in [0.4, 0.5) is 5.69 Å². The van der Waals surface area contributed by atoms with Crippen LogP contribution in [0.5, 0.6) is 0 Å². The van der Waals surface area contributed by atoms with Crippen molar-refractivity contribution in [3.63, 3.8) is 0 Å². The fourth-order valence-electron chi connectivity index (χ4n) is 2.93. The Balaban J connectivity index is 1.63. The van der Waals surface area contributed by atoms with Gasteiger partial charge in [-0.2, -0.15) is 5.10 Å². The molecule has 0 aliphatic carbocycles. The number of hydrogen-bond donors (Lipinski definition) is 1. The van der Waals surface area contributed by atoms with Crippen LogP contribution in [0.3, 0.4) is 0 Å². The van der Waals surface area contributed by atoms with Crippen LogP contribution in [0.25, 0.3) is 0 Å². The van der Waals surface area contributed by atoms with Crippen LogP contribution >= 0.6 is 23.6 Å². The number of rotatable bonds is 3. The van der Waals surface area contributed by atoms with Crippen molar-refractivity contribution in [3.05, 3.63) is 88.6 Å². The monoisotopic (exact) mass is 363 g/mol. The Morgan fingerprint density at radius 1 is 1.00 bits per heavy atom. The average Bonchev–Trinajstić information content (AvgIpc) is 3.33. The number of benzene rings is 2. The van der Waals surface area contributed by atoms with Crippen LogP contribution in [0, 0.1) is 0 Å². The number of thiocarbonyl (C=S) groups is 1. The highest BCUT2D eigenvalue weighted by atomic mass is 32.1. The number of hydrazone groups is 1. The van der Waals surface area contributed by atoms with Crippen molar-refractivity contribution in [3.8, 4) is 0 Å². The van der Waals surface area contributed by atoms with E-state index in [0.29, 0.717) is 5.11 Å². The van der Waals surface area contributed by atoms with Gasteiger partial charge < -0.3 is 5.32 Å². The van der Waals surface area contributed by atoms with Gasteiger partial charge in [0, 0.05) is 12.1 Å². The Morgan fingerprint density at radius 3 is 2.40 bits per heavy atom. The second-order valence-corrected chi connectivity index (χ2v) is 7.13. The molecular formula is C20H17N3S2. The number of para-hydroxylation sites is 1. The number of nitrogens with one attached hydrogen (secondary N) is 1. The van der Waals surface area contributed by atoms with Gasteiger partial charge in [-0.1, -0.05) is 54.6 Å². The quantitative estimate of drug-likeness (QED) is 0.640. The molecular weight excluding hydrogens is 346 g/mol. The molecule has 0 radical (unpaired) electrons. The summed E-state index contributed by atoms with van der Waals surface area (Å²) >= 11 is 7.38. The number of thiophene rings is 1. The minimum Gasteiger partial charge on any atom is -0.331 e. The molecule has 25 heavy (non-hydrogen) atoms. The van der Waals surface area contributed by atoms with E-state index in [1.54, 1.807) is 11.3 Å². The minimum atomic E-state index is 0.113. The van der Waals surface area contributed by atoms with E-state index in [9.17, 15) is 0 Å². The first-order valence-corrected chi connectivity index (χ1v) is 9.41. The van der Waals surface area contributed by atoms with Crippen LogP contribution in [0.2, 0.25) is 0 Å². The van der Waals surface area contributed by atoms with Crippen LogP contribution in [-0.4, -0.2) is 15.8 Å². The maximum Gasteiger partial charge on any atom is 0.194 e. The fourth-order valence-corrected chi connectivity index (χ4v) is 3.93. The molecule has 5 heteroatoms. The van der Waals surface area contributed by atoms with E-state index in [1.807, 2.05) is 41.4 Å². The van der Waals surface area contributed by atoms with Crippen LogP contribution in [0.1, 0.15) is 22.9 Å². The summed E-state index contributed by atoms with van der Waals surface area (Å²) in [5, 5.41) is 12.8. The van der Waals surface area contributed by atoms with Crippen molar-refractivity contribution in [2.45, 2.75) is 12.5 Å². The number of hydrogen-bond acceptors (Lipinski definition) is 3. The van der Waals surface area contributed by atoms with Crippen LogP contribution < -0.4 is 5.32 Å². The molecule has 0 bridgehead atoms. The Bertz CT molecular complexity index is 874. The molecule has 2 aromatic carbocycles. The van der Waals surface area contributed by atoms with Gasteiger partial charge in [0.25, 0.3) is 0 Å². The highest BCUT2D eigenvalue weighted by Gasteiger charge is 2.31. The predicted octanol–water partition coefficient (Wildman–Crippen LogP) is 5.30. The molecule has 0 saturated carbocycles. The van der Waals surface area contributed by atoms with Gasteiger partial charge in [-0.05, 0) is 41.4 Å². The molecule has 1 aromatic heterocycles. The first kappa shape index (κ1) is 16.0. The largest absolute Gasteiger partial charge is 0.331 e. The van der Waals surface area contributed by atoms with Crippen molar-refractivity contribution < 1.29 is 0 Å². The molecule has 0 saturated heterocycles. The second-order valence-electron chi connectivity index (χ2n) is 5.80. The third kappa shape index (κ3) is 3.48. The summed E-state index contributed by atoms with van der Waals surface area (Å²) in [5.41, 5.74) is 3.27. The fraction of sp³-hybridized carbons (Fsp3) is 0.100. The van der Waals surface area contributed by atoms with Crippen molar-refractivity contribution >= 4 is 40.1 Å². The normalized spacial score (nSPS) is 16.6. The zero-order valence-corrected chi connectivity index (χ0v) is 15.1. The Kier molecular flexibility index (Phi) is 4.59. The van der Waals surface area contributed by atoms with Gasteiger partial charge in [-0.25, -0.2) is 5.01 Å². The summed E-state index contributed by atoms with van der Waals surface area (Å²) < 4.78 is 0. The first-order chi connectivity index (χ1) is 12.3. The van der Waals surface area contributed by atoms with E-state index < -0.39 is 0 Å². The third-order valence-corrected chi connectivity index (χ3v) is 5.34. The lowest BCUT2D eigenvalue weighted by atomic mass is 10.0. The lowest BCUT2D eigenvalue weighted by Gasteiger charge is -2.24. The molecule has 0 amide bonds. The van der Waals surface area contributed by atoms with E-state index in [0.717, 1.165) is 17.8 Å². The Hall–Kier alpha value is -2.50. The molecule has 1 N–H and O–H groups in total. The summed E-state index contributed by atoms with van der Waals surface area (Å²) in [5.74, 6) is 0. The van der Waals surface area contributed by atoms with E-state index in [-0.39, 0.29) is 6.04 Å². The average molecular weight is 364 g/mol.